The molecule has 3 aromatic rings. The van der Waals surface area contributed by atoms with Crippen molar-refractivity contribution < 1.29 is 19.4 Å². The van der Waals surface area contributed by atoms with E-state index < -0.39 is 7.12 Å². The summed E-state index contributed by atoms with van der Waals surface area (Å²) in [6.45, 7) is 0. The van der Waals surface area contributed by atoms with Crippen LogP contribution in [-0.4, -0.2) is 23.7 Å². The van der Waals surface area contributed by atoms with Crippen molar-refractivity contribution in [1.29, 1.82) is 0 Å². The van der Waals surface area contributed by atoms with Crippen molar-refractivity contribution in [2.45, 2.75) is 0 Å². The fourth-order valence-corrected chi connectivity index (χ4v) is 2.65. The molecule has 0 radical (unpaired) electrons. The molecule has 0 atom stereocenters. The van der Waals surface area contributed by atoms with Gasteiger partial charge < -0.3 is 9.78 Å². The molecule has 6 heteroatoms. The zero-order valence-corrected chi connectivity index (χ0v) is 13.8. The predicted octanol–water partition coefficient (Wildman–Crippen LogP) is 1.73. The molecule has 0 unspecified atom stereocenters. The number of carbonyl (C=O) groups is 2. The molecule has 26 heavy (non-hydrogen) atoms. The Balaban J connectivity index is 2.08. The first-order valence-electron chi connectivity index (χ1n) is 7.98. The van der Waals surface area contributed by atoms with Gasteiger partial charge in [0.15, 0.2) is 11.6 Å². The van der Waals surface area contributed by atoms with E-state index in [-0.39, 0.29) is 28.2 Å². The minimum absolute atomic E-state index is 0.230. The van der Waals surface area contributed by atoms with Crippen molar-refractivity contribution in [2.24, 2.45) is 5.90 Å². The normalized spacial score (nSPS) is 10.4. The van der Waals surface area contributed by atoms with Crippen LogP contribution in [0.2, 0.25) is 0 Å². The summed E-state index contributed by atoms with van der Waals surface area (Å²) >= 11 is 0. The van der Waals surface area contributed by atoms with Crippen molar-refractivity contribution in [3.05, 3.63) is 101 Å². The van der Waals surface area contributed by atoms with Crippen molar-refractivity contribution in [1.82, 2.24) is 0 Å². The van der Waals surface area contributed by atoms with Crippen LogP contribution in [0.1, 0.15) is 31.8 Å². The van der Waals surface area contributed by atoms with Gasteiger partial charge in [-0.15, -0.1) is 0 Å². The summed E-state index contributed by atoms with van der Waals surface area (Å²) in [5.41, 5.74) is 1.72. The number of rotatable bonds is 6. The predicted molar refractivity (Wildman–Crippen MR) is 99.1 cm³/mol. The summed E-state index contributed by atoms with van der Waals surface area (Å²) in [6.07, 6.45) is 0. The van der Waals surface area contributed by atoms with Crippen LogP contribution >= 0.6 is 0 Å². The Morgan fingerprint density at radius 3 is 1.54 bits per heavy atom. The van der Waals surface area contributed by atoms with Gasteiger partial charge in [-0.25, -0.2) is 5.90 Å². The van der Waals surface area contributed by atoms with Crippen molar-refractivity contribution in [2.75, 3.05) is 0 Å². The third-order valence-electron chi connectivity index (χ3n) is 3.97. The second kappa shape index (κ2) is 7.88. The number of hydrogen-bond donors (Lipinski definition) is 2. The number of ketones is 2. The summed E-state index contributed by atoms with van der Waals surface area (Å²) in [5, 5.41) is 9.91. The summed E-state index contributed by atoms with van der Waals surface area (Å²) < 4.78 is 4.45. The molecule has 128 valence electrons. The monoisotopic (exact) mass is 345 g/mol. The van der Waals surface area contributed by atoms with E-state index in [9.17, 15) is 14.6 Å². The first kappa shape index (κ1) is 17.8. The van der Waals surface area contributed by atoms with E-state index in [2.05, 4.69) is 4.76 Å². The molecule has 0 aromatic heterocycles. The third-order valence-corrected chi connectivity index (χ3v) is 3.97. The van der Waals surface area contributed by atoms with Crippen LogP contribution in [0.5, 0.6) is 0 Å². The molecule has 0 aliphatic carbocycles. The van der Waals surface area contributed by atoms with Crippen molar-refractivity contribution in [3.63, 3.8) is 0 Å². The number of nitrogens with two attached hydrogens (primary N) is 1. The molecule has 3 aromatic carbocycles. The lowest BCUT2D eigenvalue weighted by Gasteiger charge is -2.10. The SMILES string of the molecule is NOB(O)c1cc(C(=O)c2ccccc2)cc(C(=O)c2ccccc2)c1. The van der Waals surface area contributed by atoms with Gasteiger partial charge in [0.2, 0.25) is 0 Å². The summed E-state index contributed by atoms with van der Waals surface area (Å²) in [6, 6.07) is 21.8. The fraction of sp³-hybridized carbons (Fsp3) is 0. The maximum Gasteiger partial charge on any atom is 0.508 e. The topological polar surface area (TPSA) is 89.6 Å². The highest BCUT2D eigenvalue weighted by Crippen LogP contribution is 2.15. The standard InChI is InChI=1S/C20H16BNO4/c22-26-21(25)18-12-16(19(23)14-7-3-1-4-8-14)11-17(13-18)20(24)15-9-5-2-6-10-15/h1-13,25H,22H2. The van der Waals surface area contributed by atoms with E-state index in [1.165, 1.54) is 18.2 Å². The van der Waals surface area contributed by atoms with Gasteiger partial charge in [0.05, 0.1) is 0 Å². The average molecular weight is 345 g/mol. The largest absolute Gasteiger partial charge is 0.508 e. The van der Waals surface area contributed by atoms with Gasteiger partial charge in [-0.2, -0.15) is 0 Å². The summed E-state index contributed by atoms with van der Waals surface area (Å²) in [5.74, 6) is 4.53. The van der Waals surface area contributed by atoms with Crippen LogP contribution in [-0.2, 0) is 4.76 Å². The molecule has 0 aliphatic rings. The van der Waals surface area contributed by atoms with Crippen molar-refractivity contribution >= 4 is 24.1 Å². The quantitative estimate of drug-likeness (QED) is 0.403. The van der Waals surface area contributed by atoms with E-state index in [4.69, 9.17) is 5.90 Å². The summed E-state index contributed by atoms with van der Waals surface area (Å²) in [4.78, 5) is 25.5. The van der Waals surface area contributed by atoms with Crippen LogP contribution in [0.15, 0.2) is 78.9 Å². The third kappa shape index (κ3) is 3.78. The van der Waals surface area contributed by atoms with Gasteiger partial charge >= 0.3 is 7.12 Å². The molecule has 3 N–H and O–H groups in total. The number of carbonyl (C=O) groups excluding carboxylic acids is 2. The van der Waals surface area contributed by atoms with Gasteiger partial charge in [-0.3, -0.25) is 9.59 Å². The first-order valence-corrected chi connectivity index (χ1v) is 7.98. The Labute approximate surface area is 151 Å². The van der Waals surface area contributed by atoms with Crippen LogP contribution in [0, 0.1) is 0 Å². The summed E-state index contributed by atoms with van der Waals surface area (Å²) in [7, 11) is -1.44. The van der Waals surface area contributed by atoms with Gasteiger partial charge in [0.25, 0.3) is 0 Å². The van der Waals surface area contributed by atoms with E-state index in [1.807, 2.05) is 12.1 Å². The highest BCUT2D eigenvalue weighted by molar-refractivity contribution is 6.60. The lowest BCUT2D eigenvalue weighted by atomic mass is 9.77. The Morgan fingerprint density at radius 1 is 0.731 bits per heavy atom. The van der Waals surface area contributed by atoms with E-state index in [0.717, 1.165) is 0 Å². The van der Waals surface area contributed by atoms with Crippen LogP contribution in [0.25, 0.3) is 0 Å². The Hall–Kier alpha value is -3.06. The van der Waals surface area contributed by atoms with Gasteiger partial charge in [-0.05, 0) is 11.5 Å². The Morgan fingerprint density at radius 2 is 1.15 bits per heavy atom. The molecule has 0 saturated carbocycles. The zero-order valence-electron chi connectivity index (χ0n) is 13.8. The van der Waals surface area contributed by atoms with Crippen LogP contribution in [0.3, 0.4) is 0 Å². The molecule has 5 nitrogen and oxygen atoms in total. The van der Waals surface area contributed by atoms with E-state index >= 15 is 0 Å². The minimum atomic E-state index is -1.44. The lowest BCUT2D eigenvalue weighted by molar-refractivity contribution is 0.103. The highest BCUT2D eigenvalue weighted by atomic mass is 16.6. The Kier molecular flexibility index (Phi) is 5.38. The van der Waals surface area contributed by atoms with E-state index in [1.54, 1.807) is 48.5 Å². The second-order valence-electron chi connectivity index (χ2n) is 5.72. The number of benzene rings is 3. The second-order valence-corrected chi connectivity index (χ2v) is 5.72. The van der Waals surface area contributed by atoms with Gasteiger partial charge in [-0.1, -0.05) is 72.8 Å². The number of hydrogen-bond acceptors (Lipinski definition) is 5. The highest BCUT2D eigenvalue weighted by Gasteiger charge is 2.22. The maximum atomic E-state index is 12.8. The molecular formula is C20H16BNO4. The lowest BCUT2D eigenvalue weighted by Crippen LogP contribution is -2.37. The van der Waals surface area contributed by atoms with Crippen molar-refractivity contribution in [3.8, 4) is 0 Å². The molecule has 0 amide bonds. The molecule has 0 aliphatic heterocycles. The molecule has 0 spiro atoms. The molecule has 3 rings (SSSR count). The molecule has 0 fully saturated rings. The molecule has 0 bridgehead atoms. The molecule has 0 heterocycles. The average Bonchev–Trinajstić information content (AvgIpc) is 2.73. The van der Waals surface area contributed by atoms with Gasteiger partial charge in [0, 0.05) is 22.3 Å². The molecule has 0 saturated heterocycles. The van der Waals surface area contributed by atoms with Crippen LogP contribution < -0.4 is 11.4 Å². The smallest absolute Gasteiger partial charge is 0.422 e. The first-order chi connectivity index (χ1) is 12.6. The molecular weight excluding hydrogens is 329 g/mol. The zero-order chi connectivity index (χ0) is 18.5. The van der Waals surface area contributed by atoms with Crippen LogP contribution in [0.4, 0.5) is 0 Å². The maximum absolute atomic E-state index is 12.8. The minimum Gasteiger partial charge on any atom is -0.422 e. The Bertz CT molecular complexity index is 859. The fourth-order valence-electron chi connectivity index (χ4n) is 2.65. The van der Waals surface area contributed by atoms with Gasteiger partial charge in [0.1, 0.15) is 0 Å². The van der Waals surface area contributed by atoms with E-state index in [0.29, 0.717) is 11.1 Å².